The highest BCUT2D eigenvalue weighted by Crippen LogP contribution is 2.40. The number of carbonyl (C=O) groups is 1. The van der Waals surface area contributed by atoms with E-state index in [1.54, 1.807) is 12.1 Å². The Morgan fingerprint density at radius 3 is 2.73 bits per heavy atom. The van der Waals surface area contributed by atoms with E-state index >= 15 is 0 Å². The van der Waals surface area contributed by atoms with Gasteiger partial charge in [-0.15, -0.1) is 11.3 Å². The Kier molecular flexibility index (Phi) is 5.03. The van der Waals surface area contributed by atoms with Crippen LogP contribution in [0.25, 0.3) is 10.1 Å². The number of non-ortho nitro benzene ring substituents is 1. The van der Waals surface area contributed by atoms with Crippen LogP contribution in [0.2, 0.25) is 0 Å². The molecule has 2 heterocycles. The zero-order valence-electron chi connectivity index (χ0n) is 16.9. The topological polar surface area (TPSA) is 93.8 Å². The summed E-state index contributed by atoms with van der Waals surface area (Å²) in [5.74, 6) is 0.606. The Bertz CT molecular complexity index is 1180. The number of thiophene rings is 1. The predicted octanol–water partition coefficient (Wildman–Crippen LogP) is 4.99. The van der Waals surface area contributed by atoms with Crippen LogP contribution in [0.3, 0.4) is 0 Å². The van der Waals surface area contributed by atoms with E-state index in [4.69, 9.17) is 4.74 Å². The summed E-state index contributed by atoms with van der Waals surface area (Å²) in [4.78, 5) is 23.5. The van der Waals surface area contributed by atoms with Crippen LogP contribution in [0.1, 0.15) is 46.6 Å². The zero-order valence-corrected chi connectivity index (χ0v) is 17.7. The van der Waals surface area contributed by atoms with Crippen molar-refractivity contribution in [2.75, 3.05) is 0 Å². The van der Waals surface area contributed by atoms with Gasteiger partial charge in [0, 0.05) is 16.8 Å². The number of hydrogen-bond acceptors (Lipinski definition) is 6. The molecule has 1 amide bonds. The Morgan fingerprint density at radius 1 is 1.30 bits per heavy atom. The molecule has 0 radical (unpaired) electrons. The number of amides is 1. The number of nitrogens with one attached hydrogen (secondary N) is 1. The van der Waals surface area contributed by atoms with Crippen molar-refractivity contribution in [1.82, 2.24) is 5.43 Å². The van der Waals surface area contributed by atoms with E-state index in [9.17, 15) is 14.9 Å². The molecule has 30 heavy (non-hydrogen) atoms. The molecule has 0 unspecified atom stereocenters. The molecule has 1 aliphatic rings. The van der Waals surface area contributed by atoms with Crippen LogP contribution in [-0.2, 0) is 6.42 Å². The van der Waals surface area contributed by atoms with Gasteiger partial charge in [0.25, 0.3) is 11.6 Å². The Labute approximate surface area is 177 Å². The lowest BCUT2D eigenvalue weighted by Gasteiger charge is -2.32. The number of nitrogens with zero attached hydrogens (tertiary/aromatic N) is 2. The number of nitro groups is 1. The van der Waals surface area contributed by atoms with Gasteiger partial charge in [0.15, 0.2) is 0 Å². The first-order valence-electron chi connectivity index (χ1n) is 9.56. The minimum Gasteiger partial charge on any atom is -0.488 e. The average molecular weight is 423 g/mol. The fraction of sp³-hybridized carbons (Fsp3) is 0.273. The molecule has 1 N–H and O–H groups in total. The second-order valence-electron chi connectivity index (χ2n) is 7.92. The SMILES string of the molecule is Cc1c(C(=O)N/N=C/c2ccc([N+](=O)[O-])cc2)sc2cc3c(cc12)CCC(C)(C)O3. The summed E-state index contributed by atoms with van der Waals surface area (Å²) in [5.41, 5.74) is 5.12. The molecule has 3 aromatic rings. The van der Waals surface area contributed by atoms with Gasteiger partial charge < -0.3 is 4.74 Å². The summed E-state index contributed by atoms with van der Waals surface area (Å²) < 4.78 is 7.12. The molecule has 8 heteroatoms. The third kappa shape index (κ3) is 3.91. The van der Waals surface area contributed by atoms with Crippen LogP contribution in [-0.4, -0.2) is 22.6 Å². The first-order chi connectivity index (χ1) is 14.2. The van der Waals surface area contributed by atoms with Crippen molar-refractivity contribution in [3.63, 3.8) is 0 Å². The van der Waals surface area contributed by atoms with E-state index in [0.29, 0.717) is 10.4 Å². The third-order valence-electron chi connectivity index (χ3n) is 5.19. The Hall–Kier alpha value is -3.26. The fourth-order valence-corrected chi connectivity index (χ4v) is 4.59. The number of ether oxygens (including phenoxy) is 1. The second-order valence-corrected chi connectivity index (χ2v) is 8.97. The standard InChI is InChI=1S/C22H21N3O4S/c1-13-17-10-15-8-9-22(2,3)29-18(15)11-19(17)30-20(13)21(26)24-23-12-14-4-6-16(7-5-14)25(27)28/h4-7,10-12H,8-9H2,1-3H3,(H,24,26)/b23-12+. The van der Waals surface area contributed by atoms with Crippen molar-refractivity contribution in [1.29, 1.82) is 0 Å². The van der Waals surface area contributed by atoms with E-state index in [1.165, 1.54) is 35.2 Å². The van der Waals surface area contributed by atoms with Gasteiger partial charge in [-0.1, -0.05) is 0 Å². The highest BCUT2D eigenvalue weighted by molar-refractivity contribution is 7.21. The molecular formula is C22H21N3O4S. The molecule has 0 saturated heterocycles. The maximum absolute atomic E-state index is 12.7. The molecule has 2 aromatic carbocycles. The third-order valence-corrected chi connectivity index (χ3v) is 6.45. The van der Waals surface area contributed by atoms with Crippen molar-refractivity contribution in [2.24, 2.45) is 5.10 Å². The molecule has 7 nitrogen and oxygen atoms in total. The first kappa shape index (κ1) is 20.0. The van der Waals surface area contributed by atoms with Gasteiger partial charge in [0.2, 0.25) is 0 Å². The number of rotatable bonds is 4. The minimum atomic E-state index is -0.462. The Balaban J connectivity index is 1.53. The number of benzene rings is 2. The fourth-order valence-electron chi connectivity index (χ4n) is 3.48. The van der Waals surface area contributed by atoms with Crippen molar-refractivity contribution in [2.45, 2.75) is 39.2 Å². The molecule has 0 bridgehead atoms. The minimum absolute atomic E-state index is 0.00662. The summed E-state index contributed by atoms with van der Waals surface area (Å²) in [7, 11) is 0. The summed E-state index contributed by atoms with van der Waals surface area (Å²) in [6.45, 7) is 6.11. The zero-order chi connectivity index (χ0) is 21.5. The van der Waals surface area contributed by atoms with Gasteiger partial charge in [0.1, 0.15) is 11.4 Å². The molecule has 0 spiro atoms. The molecule has 0 atom stereocenters. The van der Waals surface area contributed by atoms with Gasteiger partial charge in [-0.25, -0.2) is 5.43 Å². The maximum atomic E-state index is 12.7. The van der Waals surface area contributed by atoms with Crippen molar-refractivity contribution in [3.05, 3.63) is 68.1 Å². The van der Waals surface area contributed by atoms with Gasteiger partial charge in [-0.3, -0.25) is 14.9 Å². The molecular weight excluding hydrogens is 402 g/mol. The molecule has 0 saturated carbocycles. The number of hydrazone groups is 1. The largest absolute Gasteiger partial charge is 0.488 e. The van der Waals surface area contributed by atoms with Crippen LogP contribution in [0.15, 0.2) is 41.5 Å². The normalized spacial score (nSPS) is 15.0. The summed E-state index contributed by atoms with van der Waals surface area (Å²) in [6.07, 6.45) is 3.37. The lowest BCUT2D eigenvalue weighted by Crippen LogP contribution is -2.32. The van der Waals surface area contributed by atoms with Crippen LogP contribution in [0, 0.1) is 17.0 Å². The maximum Gasteiger partial charge on any atom is 0.281 e. The Morgan fingerprint density at radius 2 is 2.03 bits per heavy atom. The first-order valence-corrected chi connectivity index (χ1v) is 10.4. The lowest BCUT2D eigenvalue weighted by atomic mass is 9.93. The smallest absolute Gasteiger partial charge is 0.281 e. The summed E-state index contributed by atoms with van der Waals surface area (Å²) in [5, 5.41) is 15.8. The van der Waals surface area contributed by atoms with Gasteiger partial charge in [-0.2, -0.15) is 5.10 Å². The lowest BCUT2D eigenvalue weighted by molar-refractivity contribution is -0.384. The molecule has 0 aliphatic carbocycles. The van der Waals surface area contributed by atoms with E-state index in [1.807, 2.05) is 13.0 Å². The molecule has 4 rings (SSSR count). The van der Waals surface area contributed by atoms with Crippen LogP contribution in [0.5, 0.6) is 5.75 Å². The molecule has 1 aliphatic heterocycles. The van der Waals surface area contributed by atoms with Crippen LogP contribution >= 0.6 is 11.3 Å². The van der Waals surface area contributed by atoms with Crippen molar-refractivity contribution in [3.8, 4) is 5.75 Å². The number of aryl methyl sites for hydroxylation is 2. The van der Waals surface area contributed by atoms with E-state index in [2.05, 4.69) is 30.4 Å². The van der Waals surface area contributed by atoms with Crippen LogP contribution < -0.4 is 10.2 Å². The molecule has 1 aromatic heterocycles. The van der Waals surface area contributed by atoms with Crippen molar-refractivity contribution >= 4 is 39.2 Å². The predicted molar refractivity (Wildman–Crippen MR) is 118 cm³/mol. The number of hydrogen-bond donors (Lipinski definition) is 1. The number of fused-ring (bicyclic) bond motifs is 2. The van der Waals surface area contributed by atoms with Gasteiger partial charge >= 0.3 is 0 Å². The second kappa shape index (κ2) is 7.53. The highest BCUT2D eigenvalue weighted by Gasteiger charge is 2.27. The van der Waals surface area contributed by atoms with Crippen molar-refractivity contribution < 1.29 is 14.5 Å². The average Bonchev–Trinajstić information content (AvgIpc) is 3.02. The van der Waals surface area contributed by atoms with E-state index < -0.39 is 4.92 Å². The number of carbonyl (C=O) groups excluding carboxylic acids is 1. The quantitative estimate of drug-likeness (QED) is 0.364. The van der Waals surface area contributed by atoms with E-state index in [-0.39, 0.29) is 17.2 Å². The van der Waals surface area contributed by atoms with Gasteiger partial charge in [0.05, 0.1) is 16.0 Å². The molecule has 154 valence electrons. The van der Waals surface area contributed by atoms with Crippen LogP contribution in [0.4, 0.5) is 5.69 Å². The van der Waals surface area contributed by atoms with E-state index in [0.717, 1.165) is 34.2 Å². The van der Waals surface area contributed by atoms with Gasteiger partial charge in [-0.05, 0) is 80.0 Å². The molecule has 0 fully saturated rings. The summed E-state index contributed by atoms with van der Waals surface area (Å²) in [6, 6.07) is 10.1. The highest BCUT2D eigenvalue weighted by atomic mass is 32.1. The number of nitro benzene ring substituents is 1. The summed E-state index contributed by atoms with van der Waals surface area (Å²) >= 11 is 1.42. The monoisotopic (exact) mass is 423 g/mol.